The minimum absolute atomic E-state index is 0.00339. The third-order valence-corrected chi connectivity index (χ3v) is 5.49. The number of nitrogens with zero attached hydrogens (tertiary/aromatic N) is 1. The zero-order chi connectivity index (χ0) is 16.0. The minimum Gasteiger partial charge on any atom is -0.390 e. The topological polar surface area (TPSA) is 42.4 Å². The summed E-state index contributed by atoms with van der Waals surface area (Å²) in [7, 11) is 0. The number of aromatic nitrogens is 1. The largest absolute Gasteiger partial charge is 0.390 e. The Morgan fingerprint density at radius 3 is 2.41 bits per heavy atom. The lowest BCUT2D eigenvalue weighted by Crippen LogP contribution is -2.35. The maximum absolute atomic E-state index is 9.25. The molecule has 0 spiro atoms. The number of aliphatic hydroxyl groups excluding tert-OH is 1. The van der Waals surface area contributed by atoms with Crippen LogP contribution in [0.25, 0.3) is 0 Å². The predicted molar refractivity (Wildman–Crippen MR) is 94.4 cm³/mol. The molecule has 0 aliphatic carbocycles. The van der Waals surface area contributed by atoms with Crippen molar-refractivity contribution in [2.75, 3.05) is 13.2 Å². The third-order valence-electron chi connectivity index (χ3n) is 3.87. The average Bonchev–Trinajstić information content (AvgIpc) is 3.08. The first-order chi connectivity index (χ1) is 10.7. The molecular weight excluding hydrogens is 362 g/mol. The number of benzene rings is 1. The fourth-order valence-electron chi connectivity index (χ4n) is 2.71. The van der Waals surface area contributed by atoms with Gasteiger partial charge in [0.25, 0.3) is 0 Å². The Bertz CT molecular complexity index is 577. The average molecular weight is 384 g/mol. The molecule has 22 heavy (non-hydrogen) atoms. The smallest absolute Gasteiger partial charge is 0.104 e. The van der Waals surface area contributed by atoms with Crippen molar-refractivity contribution in [1.82, 2.24) is 4.98 Å². The van der Waals surface area contributed by atoms with Crippen LogP contribution in [0.5, 0.6) is 0 Å². The van der Waals surface area contributed by atoms with Crippen LogP contribution in [-0.4, -0.2) is 23.3 Å². The van der Waals surface area contributed by atoms with E-state index >= 15 is 0 Å². The molecule has 2 heterocycles. The summed E-state index contributed by atoms with van der Waals surface area (Å²) in [6.45, 7) is 5.51. The van der Waals surface area contributed by atoms with Crippen molar-refractivity contribution in [3.63, 3.8) is 0 Å². The van der Waals surface area contributed by atoms with Gasteiger partial charge in [-0.25, -0.2) is 4.98 Å². The Kier molecular flexibility index (Phi) is 6.56. The Morgan fingerprint density at radius 1 is 1.23 bits per heavy atom. The lowest BCUT2D eigenvalue weighted by atomic mass is 9.74. The number of rotatable bonds is 3. The van der Waals surface area contributed by atoms with Crippen LogP contribution in [0.3, 0.4) is 0 Å². The SMILES string of the molecule is CC.OCc1csc(C2(c3ccc(Br)cc3)CCOCC2)n1. The summed E-state index contributed by atoms with van der Waals surface area (Å²) in [4.78, 5) is 4.62. The predicted octanol–water partition coefficient (Wildman–Crippen LogP) is 4.52. The summed E-state index contributed by atoms with van der Waals surface area (Å²) >= 11 is 5.13. The lowest BCUT2D eigenvalue weighted by Gasteiger charge is -2.36. The first kappa shape index (κ1) is 17.6. The van der Waals surface area contributed by atoms with Gasteiger partial charge in [0, 0.05) is 23.1 Å². The number of aliphatic hydroxyl groups is 1. The molecule has 5 heteroatoms. The Morgan fingerprint density at radius 2 is 1.86 bits per heavy atom. The first-order valence-electron chi connectivity index (χ1n) is 7.64. The summed E-state index contributed by atoms with van der Waals surface area (Å²) in [6, 6.07) is 8.48. The highest BCUT2D eigenvalue weighted by molar-refractivity contribution is 9.10. The highest BCUT2D eigenvalue weighted by atomic mass is 79.9. The highest BCUT2D eigenvalue weighted by Crippen LogP contribution is 2.42. The summed E-state index contributed by atoms with van der Waals surface area (Å²) in [5.41, 5.74) is 1.97. The van der Waals surface area contributed by atoms with E-state index in [-0.39, 0.29) is 12.0 Å². The van der Waals surface area contributed by atoms with Crippen LogP contribution in [0.4, 0.5) is 0 Å². The Hall–Kier alpha value is -0.750. The van der Waals surface area contributed by atoms with Crippen LogP contribution >= 0.6 is 27.3 Å². The maximum Gasteiger partial charge on any atom is 0.104 e. The molecule has 0 radical (unpaired) electrons. The number of ether oxygens (including phenoxy) is 1. The molecule has 1 N–H and O–H groups in total. The second kappa shape index (κ2) is 8.20. The van der Waals surface area contributed by atoms with Crippen molar-refractivity contribution in [1.29, 1.82) is 0 Å². The van der Waals surface area contributed by atoms with Crippen LogP contribution < -0.4 is 0 Å². The van der Waals surface area contributed by atoms with Crippen molar-refractivity contribution in [2.24, 2.45) is 0 Å². The van der Waals surface area contributed by atoms with Gasteiger partial charge in [0.15, 0.2) is 0 Å². The highest BCUT2D eigenvalue weighted by Gasteiger charge is 2.38. The molecule has 1 saturated heterocycles. The number of thiazole rings is 1. The van der Waals surface area contributed by atoms with Crippen LogP contribution in [-0.2, 0) is 16.8 Å². The van der Waals surface area contributed by atoms with Gasteiger partial charge in [-0.2, -0.15) is 0 Å². The number of hydrogen-bond donors (Lipinski definition) is 1. The third kappa shape index (κ3) is 3.59. The molecule has 0 unspecified atom stereocenters. The first-order valence-corrected chi connectivity index (χ1v) is 9.31. The summed E-state index contributed by atoms with van der Waals surface area (Å²) in [6.07, 6.45) is 1.88. The van der Waals surface area contributed by atoms with Gasteiger partial charge in [0.1, 0.15) is 5.01 Å². The molecule has 0 atom stereocenters. The van der Waals surface area contributed by atoms with Gasteiger partial charge >= 0.3 is 0 Å². The normalized spacial score (nSPS) is 16.7. The van der Waals surface area contributed by atoms with Gasteiger partial charge < -0.3 is 9.84 Å². The van der Waals surface area contributed by atoms with Crippen molar-refractivity contribution in [2.45, 2.75) is 38.7 Å². The Labute approximate surface area is 144 Å². The minimum atomic E-state index is -0.0724. The fourth-order valence-corrected chi connectivity index (χ4v) is 4.07. The maximum atomic E-state index is 9.25. The summed E-state index contributed by atoms with van der Waals surface area (Å²) in [5, 5.41) is 12.3. The molecule has 1 aromatic carbocycles. The molecular formula is C17H22BrNO2S. The van der Waals surface area contributed by atoms with E-state index in [1.165, 1.54) is 5.56 Å². The van der Waals surface area contributed by atoms with Crippen LogP contribution in [0.2, 0.25) is 0 Å². The van der Waals surface area contributed by atoms with Gasteiger partial charge in [0.2, 0.25) is 0 Å². The second-order valence-electron chi connectivity index (χ2n) is 5.00. The van der Waals surface area contributed by atoms with Crippen molar-refractivity contribution in [3.8, 4) is 0 Å². The fraction of sp³-hybridized carbons (Fsp3) is 0.471. The molecule has 0 saturated carbocycles. The number of halogens is 1. The van der Waals surface area contributed by atoms with E-state index in [9.17, 15) is 5.11 Å². The molecule has 1 aliphatic heterocycles. The zero-order valence-electron chi connectivity index (χ0n) is 13.0. The van der Waals surface area contributed by atoms with Gasteiger partial charge in [-0.3, -0.25) is 0 Å². The van der Waals surface area contributed by atoms with Gasteiger partial charge in [-0.05, 0) is 30.5 Å². The molecule has 120 valence electrons. The standard InChI is InChI=1S/C15H16BrNO2S.C2H6/c16-12-3-1-11(2-4-12)15(5-7-19-8-6-15)14-17-13(9-18)10-20-14;1-2/h1-4,10,18H,5-9H2;1-2H3. The van der Waals surface area contributed by atoms with E-state index in [0.29, 0.717) is 0 Å². The number of hydrogen-bond acceptors (Lipinski definition) is 4. The van der Waals surface area contributed by atoms with Gasteiger partial charge in [0.05, 0.1) is 17.7 Å². The van der Waals surface area contributed by atoms with Crippen molar-refractivity contribution >= 4 is 27.3 Å². The molecule has 3 nitrogen and oxygen atoms in total. The molecule has 2 aromatic rings. The molecule has 1 aliphatic rings. The zero-order valence-corrected chi connectivity index (χ0v) is 15.4. The molecule has 1 fully saturated rings. The van der Waals surface area contributed by atoms with E-state index in [2.05, 4.69) is 45.2 Å². The van der Waals surface area contributed by atoms with E-state index < -0.39 is 0 Å². The van der Waals surface area contributed by atoms with E-state index in [0.717, 1.165) is 41.2 Å². The van der Waals surface area contributed by atoms with Crippen LogP contribution in [0.15, 0.2) is 34.1 Å². The summed E-state index contributed by atoms with van der Waals surface area (Å²) < 4.78 is 6.62. The lowest BCUT2D eigenvalue weighted by molar-refractivity contribution is 0.0629. The second-order valence-corrected chi connectivity index (χ2v) is 6.78. The summed E-state index contributed by atoms with van der Waals surface area (Å²) in [5.74, 6) is 0. The molecule has 3 rings (SSSR count). The van der Waals surface area contributed by atoms with Crippen LogP contribution in [0.1, 0.15) is 43.0 Å². The quantitative estimate of drug-likeness (QED) is 0.846. The van der Waals surface area contributed by atoms with Crippen LogP contribution in [0, 0.1) is 0 Å². The van der Waals surface area contributed by atoms with Gasteiger partial charge in [-0.15, -0.1) is 11.3 Å². The van der Waals surface area contributed by atoms with Crippen molar-refractivity contribution in [3.05, 3.63) is 50.4 Å². The van der Waals surface area contributed by atoms with Gasteiger partial charge in [-0.1, -0.05) is 41.9 Å². The van der Waals surface area contributed by atoms with E-state index in [1.807, 2.05) is 19.2 Å². The molecule has 1 aromatic heterocycles. The van der Waals surface area contributed by atoms with E-state index in [4.69, 9.17) is 4.74 Å². The monoisotopic (exact) mass is 383 g/mol. The molecule has 0 amide bonds. The van der Waals surface area contributed by atoms with E-state index in [1.54, 1.807) is 11.3 Å². The molecule has 0 bridgehead atoms. The van der Waals surface area contributed by atoms with Crippen molar-refractivity contribution < 1.29 is 9.84 Å². The Balaban J connectivity index is 0.000000847.